The van der Waals surface area contributed by atoms with Crippen molar-refractivity contribution in [3.8, 4) is 5.75 Å². The Kier molecular flexibility index (Phi) is 6.86. The van der Waals surface area contributed by atoms with Crippen molar-refractivity contribution < 1.29 is 14.6 Å². The maximum atomic E-state index is 12.1. The van der Waals surface area contributed by atoms with Crippen molar-refractivity contribution in [3.05, 3.63) is 24.3 Å². The Morgan fingerprint density at radius 2 is 2.00 bits per heavy atom. The summed E-state index contributed by atoms with van der Waals surface area (Å²) in [5.74, 6) is 1.08. The molecule has 3 atom stereocenters. The molecule has 0 heterocycles. The molecule has 3 unspecified atom stereocenters. The molecule has 1 aliphatic carbocycles. The smallest absolute Gasteiger partial charge is 0.225 e. The lowest BCUT2D eigenvalue weighted by atomic mass is 9.84. The first-order valence-electron chi connectivity index (χ1n) is 8.43. The molecule has 0 aromatic heterocycles. The Hall–Kier alpha value is -1.59. The van der Waals surface area contributed by atoms with E-state index in [-0.39, 0.29) is 18.6 Å². The van der Waals surface area contributed by atoms with Gasteiger partial charge in [-0.3, -0.25) is 4.79 Å². The molecule has 128 valence electrons. The Labute approximate surface area is 138 Å². The topological polar surface area (TPSA) is 70.6 Å². The highest BCUT2D eigenvalue weighted by Crippen LogP contribution is 2.24. The minimum Gasteiger partial charge on any atom is -0.497 e. The van der Waals surface area contributed by atoms with Crippen LogP contribution >= 0.6 is 0 Å². The Balaban J connectivity index is 1.79. The zero-order chi connectivity index (χ0) is 16.7. The number of rotatable bonds is 7. The normalized spacial score (nSPS) is 22.4. The molecule has 5 heteroatoms. The number of benzene rings is 1. The predicted octanol–water partition coefficient (Wildman–Crippen LogP) is 2.55. The predicted molar refractivity (Wildman–Crippen MR) is 91.7 cm³/mol. The van der Waals surface area contributed by atoms with Gasteiger partial charge in [-0.25, -0.2) is 0 Å². The molecule has 0 aliphatic heterocycles. The van der Waals surface area contributed by atoms with Crippen LogP contribution in [0.15, 0.2) is 24.3 Å². The van der Waals surface area contributed by atoms with Crippen molar-refractivity contribution >= 4 is 11.6 Å². The Morgan fingerprint density at radius 1 is 1.30 bits per heavy atom. The fourth-order valence-corrected chi connectivity index (χ4v) is 3.23. The zero-order valence-corrected chi connectivity index (χ0v) is 14.0. The summed E-state index contributed by atoms with van der Waals surface area (Å²) in [6, 6.07) is 7.72. The molecule has 0 radical (unpaired) electrons. The number of aliphatic hydroxyl groups is 1. The van der Waals surface area contributed by atoms with Crippen LogP contribution in [0.5, 0.6) is 5.75 Å². The second-order valence-electron chi connectivity index (χ2n) is 6.38. The first kappa shape index (κ1) is 17.8. The van der Waals surface area contributed by atoms with Gasteiger partial charge >= 0.3 is 0 Å². The maximum Gasteiger partial charge on any atom is 0.225 e. The van der Waals surface area contributed by atoms with Gasteiger partial charge in [0.2, 0.25) is 5.91 Å². The molecular weight excluding hydrogens is 292 g/mol. The van der Waals surface area contributed by atoms with E-state index in [0.29, 0.717) is 18.4 Å². The largest absolute Gasteiger partial charge is 0.497 e. The molecule has 0 spiro atoms. The van der Waals surface area contributed by atoms with Crippen molar-refractivity contribution in [2.45, 2.75) is 51.1 Å². The molecule has 2 rings (SSSR count). The molecule has 3 N–H and O–H groups in total. The van der Waals surface area contributed by atoms with E-state index < -0.39 is 0 Å². The molecule has 23 heavy (non-hydrogen) atoms. The lowest BCUT2D eigenvalue weighted by molar-refractivity contribution is -0.116. The van der Waals surface area contributed by atoms with Crippen LogP contribution in [0.1, 0.15) is 39.0 Å². The van der Waals surface area contributed by atoms with Crippen molar-refractivity contribution in [3.63, 3.8) is 0 Å². The monoisotopic (exact) mass is 320 g/mol. The van der Waals surface area contributed by atoms with Gasteiger partial charge in [-0.1, -0.05) is 12.8 Å². The highest BCUT2D eigenvalue weighted by atomic mass is 16.5. The average molecular weight is 320 g/mol. The molecule has 1 saturated carbocycles. The average Bonchev–Trinajstić information content (AvgIpc) is 2.55. The van der Waals surface area contributed by atoms with Gasteiger partial charge in [0.05, 0.1) is 7.11 Å². The van der Waals surface area contributed by atoms with Crippen LogP contribution < -0.4 is 15.4 Å². The second kappa shape index (κ2) is 8.89. The van der Waals surface area contributed by atoms with Crippen molar-refractivity contribution in [2.75, 3.05) is 19.0 Å². The lowest BCUT2D eigenvalue weighted by Crippen LogP contribution is -2.45. The summed E-state index contributed by atoms with van der Waals surface area (Å²) >= 11 is 0. The molecule has 1 aliphatic rings. The van der Waals surface area contributed by atoms with Crippen LogP contribution in [0.2, 0.25) is 0 Å². The summed E-state index contributed by atoms with van der Waals surface area (Å²) < 4.78 is 5.10. The molecule has 1 fully saturated rings. The minimum atomic E-state index is -0.00785. The zero-order valence-electron chi connectivity index (χ0n) is 14.0. The number of anilines is 1. The molecule has 1 amide bonds. The molecule has 0 bridgehead atoms. The van der Waals surface area contributed by atoms with E-state index in [1.807, 2.05) is 31.2 Å². The van der Waals surface area contributed by atoms with E-state index in [1.54, 1.807) is 7.11 Å². The van der Waals surface area contributed by atoms with Crippen LogP contribution in [0.3, 0.4) is 0 Å². The molecular formula is C18H28N2O3. The minimum absolute atomic E-state index is 0.00785. The lowest BCUT2D eigenvalue weighted by Gasteiger charge is -2.33. The number of ether oxygens (including phenoxy) is 1. The van der Waals surface area contributed by atoms with Crippen LogP contribution in [0.25, 0.3) is 0 Å². The van der Waals surface area contributed by atoms with Gasteiger partial charge in [-0.05, 0) is 49.9 Å². The third-order valence-electron chi connectivity index (χ3n) is 4.51. The quantitative estimate of drug-likeness (QED) is 0.722. The number of hydrogen-bond acceptors (Lipinski definition) is 4. The summed E-state index contributed by atoms with van der Waals surface area (Å²) in [4.78, 5) is 12.1. The highest BCUT2D eigenvalue weighted by molar-refractivity contribution is 5.91. The summed E-state index contributed by atoms with van der Waals surface area (Å²) in [6.45, 7) is 2.25. The van der Waals surface area contributed by atoms with Gasteiger partial charge in [0.25, 0.3) is 0 Å². The van der Waals surface area contributed by atoms with E-state index in [2.05, 4.69) is 10.6 Å². The number of methoxy groups -OCH3 is 1. The summed E-state index contributed by atoms with van der Waals surface area (Å²) in [6.07, 6.45) is 4.95. The number of amides is 1. The number of hydrogen-bond donors (Lipinski definition) is 3. The maximum absolute atomic E-state index is 12.1. The van der Waals surface area contributed by atoms with Crippen molar-refractivity contribution in [1.82, 2.24) is 5.32 Å². The third-order valence-corrected chi connectivity index (χ3v) is 4.51. The summed E-state index contributed by atoms with van der Waals surface area (Å²) in [7, 11) is 1.62. The summed E-state index contributed by atoms with van der Waals surface area (Å²) in [5.41, 5.74) is 0.772. The van der Waals surface area contributed by atoms with Crippen molar-refractivity contribution in [1.29, 1.82) is 0 Å². The van der Waals surface area contributed by atoms with Gasteiger partial charge in [-0.2, -0.15) is 0 Å². The molecule has 1 aromatic rings. The van der Waals surface area contributed by atoms with Gasteiger partial charge in [0.1, 0.15) is 5.75 Å². The van der Waals surface area contributed by atoms with Gasteiger partial charge in [-0.15, -0.1) is 0 Å². The van der Waals surface area contributed by atoms with Crippen LogP contribution in [0, 0.1) is 5.92 Å². The fourth-order valence-electron chi connectivity index (χ4n) is 3.23. The Bertz CT molecular complexity index is 490. The van der Waals surface area contributed by atoms with Gasteiger partial charge in [0, 0.05) is 30.8 Å². The Morgan fingerprint density at radius 3 is 2.65 bits per heavy atom. The fraction of sp³-hybridized carbons (Fsp3) is 0.611. The standard InChI is InChI=1S/C18H28N2O3/c1-13(19-17-6-4-3-5-14(17)12-21)11-18(22)20-15-7-9-16(23-2)10-8-15/h7-10,13-14,17,19,21H,3-6,11-12H2,1-2H3,(H,20,22). The van der Waals surface area contributed by atoms with E-state index >= 15 is 0 Å². The number of nitrogens with one attached hydrogen (secondary N) is 2. The van der Waals surface area contributed by atoms with E-state index in [1.165, 1.54) is 12.8 Å². The molecule has 1 aromatic carbocycles. The van der Waals surface area contributed by atoms with Crippen LogP contribution in [0.4, 0.5) is 5.69 Å². The molecule has 5 nitrogen and oxygen atoms in total. The second-order valence-corrected chi connectivity index (χ2v) is 6.38. The van der Waals surface area contributed by atoms with Gasteiger partial charge < -0.3 is 20.5 Å². The first-order chi connectivity index (χ1) is 11.1. The SMILES string of the molecule is COc1ccc(NC(=O)CC(C)NC2CCCCC2CO)cc1. The highest BCUT2D eigenvalue weighted by Gasteiger charge is 2.25. The van der Waals surface area contributed by atoms with Crippen LogP contribution in [-0.2, 0) is 4.79 Å². The first-order valence-corrected chi connectivity index (χ1v) is 8.43. The van der Waals surface area contributed by atoms with E-state index in [9.17, 15) is 9.90 Å². The van der Waals surface area contributed by atoms with Gasteiger partial charge in [0.15, 0.2) is 0 Å². The van der Waals surface area contributed by atoms with Crippen LogP contribution in [-0.4, -0.2) is 36.8 Å². The molecule has 0 saturated heterocycles. The number of carbonyl (C=O) groups is 1. The summed E-state index contributed by atoms with van der Waals surface area (Å²) in [5, 5.41) is 15.9. The van der Waals surface area contributed by atoms with E-state index in [4.69, 9.17) is 4.74 Å². The van der Waals surface area contributed by atoms with Crippen molar-refractivity contribution in [2.24, 2.45) is 5.92 Å². The number of carbonyl (C=O) groups excluding carboxylic acids is 1. The van der Waals surface area contributed by atoms with E-state index in [0.717, 1.165) is 24.3 Å². The third kappa shape index (κ3) is 5.52. The number of aliphatic hydroxyl groups excluding tert-OH is 1.